The van der Waals surface area contributed by atoms with Crippen molar-refractivity contribution in [3.05, 3.63) is 42.1 Å². The maximum atomic E-state index is 13.7. The molecule has 4 aliphatic rings. The van der Waals surface area contributed by atoms with E-state index in [1.807, 2.05) is 42.2 Å². The molecule has 2 saturated carbocycles. The normalized spacial score (nSPS) is 23.1. The smallest absolute Gasteiger partial charge is 0.409 e. The van der Waals surface area contributed by atoms with E-state index < -0.39 is 17.9 Å². The Balaban J connectivity index is 1.15. The minimum atomic E-state index is -0.757. The van der Waals surface area contributed by atoms with Crippen LogP contribution in [0.15, 0.2) is 36.4 Å². The van der Waals surface area contributed by atoms with Gasteiger partial charge in [-0.2, -0.15) is 0 Å². The van der Waals surface area contributed by atoms with Gasteiger partial charge >= 0.3 is 12.1 Å². The van der Waals surface area contributed by atoms with Gasteiger partial charge in [-0.15, -0.1) is 0 Å². The van der Waals surface area contributed by atoms with Gasteiger partial charge in [-0.3, -0.25) is 14.4 Å². The molecule has 44 heavy (non-hydrogen) atoms. The van der Waals surface area contributed by atoms with Gasteiger partial charge < -0.3 is 29.9 Å². The highest BCUT2D eigenvalue weighted by molar-refractivity contribution is 5.97. The van der Waals surface area contributed by atoms with Crippen LogP contribution < -0.4 is 10.2 Å². The van der Waals surface area contributed by atoms with E-state index in [1.54, 1.807) is 15.9 Å². The Labute approximate surface area is 256 Å². The monoisotopic (exact) mass is 604 g/mol. The zero-order valence-electron chi connectivity index (χ0n) is 25.1. The van der Waals surface area contributed by atoms with Gasteiger partial charge in [0.15, 0.2) is 5.82 Å². The summed E-state index contributed by atoms with van der Waals surface area (Å²) in [6.07, 6.45) is 4.02. The summed E-state index contributed by atoms with van der Waals surface area (Å²) in [7, 11) is 0. The first-order valence-electron chi connectivity index (χ1n) is 15.8. The van der Waals surface area contributed by atoms with Gasteiger partial charge in [-0.1, -0.05) is 56.5 Å². The Morgan fingerprint density at radius 3 is 2.32 bits per heavy atom. The van der Waals surface area contributed by atoms with E-state index >= 15 is 0 Å². The fraction of sp³-hybridized carbons (Fsp3) is 0.562. The van der Waals surface area contributed by atoms with E-state index in [-0.39, 0.29) is 35.4 Å². The van der Waals surface area contributed by atoms with Crippen molar-refractivity contribution in [1.29, 1.82) is 0 Å². The number of carbonyl (C=O) groups is 4. The van der Waals surface area contributed by atoms with E-state index in [0.717, 1.165) is 31.2 Å². The molecule has 12 heteroatoms. The minimum absolute atomic E-state index is 0.0825. The van der Waals surface area contributed by atoms with E-state index in [1.165, 1.54) is 0 Å². The summed E-state index contributed by atoms with van der Waals surface area (Å²) in [5, 5.41) is 12.4. The number of nitrogens with one attached hydrogen (secondary N) is 1. The molecule has 0 spiro atoms. The average molecular weight is 605 g/mol. The maximum absolute atomic E-state index is 13.7. The summed E-state index contributed by atoms with van der Waals surface area (Å²) in [6.45, 7) is 5.08. The molecule has 4 atom stereocenters. The highest BCUT2D eigenvalue weighted by Gasteiger charge is 2.60. The molecule has 2 aliphatic heterocycles. The second-order valence-electron chi connectivity index (χ2n) is 12.4. The number of aliphatic carboxylic acids is 1. The summed E-state index contributed by atoms with van der Waals surface area (Å²) in [5.41, 5.74) is 0.922. The molecule has 0 bridgehead atoms. The summed E-state index contributed by atoms with van der Waals surface area (Å²) in [4.78, 5) is 66.0. The fourth-order valence-electron chi connectivity index (χ4n) is 6.37. The molecule has 1 aromatic heterocycles. The number of benzene rings is 1. The number of unbranched alkanes of at least 4 members (excludes halogenated alkanes) is 1. The van der Waals surface area contributed by atoms with Gasteiger partial charge in [0.05, 0.1) is 12.5 Å². The second-order valence-corrected chi connectivity index (χ2v) is 12.4. The molecule has 2 aliphatic carbocycles. The fourth-order valence-corrected chi connectivity index (χ4v) is 6.37. The topological polar surface area (TPSA) is 145 Å². The van der Waals surface area contributed by atoms with Crippen LogP contribution in [0.2, 0.25) is 0 Å². The van der Waals surface area contributed by atoms with Crippen LogP contribution in [0.3, 0.4) is 0 Å². The van der Waals surface area contributed by atoms with Crippen LogP contribution in [0.5, 0.6) is 0 Å². The lowest BCUT2D eigenvalue weighted by molar-refractivity contribution is -0.139. The van der Waals surface area contributed by atoms with Crippen LogP contribution in [0.4, 0.5) is 10.6 Å². The van der Waals surface area contributed by atoms with Crippen molar-refractivity contribution < 1.29 is 29.0 Å². The number of rotatable bonds is 11. The molecule has 12 nitrogen and oxygen atoms in total. The predicted molar refractivity (Wildman–Crippen MR) is 161 cm³/mol. The first-order valence-corrected chi connectivity index (χ1v) is 15.8. The Kier molecular flexibility index (Phi) is 8.67. The highest BCUT2D eigenvalue weighted by atomic mass is 16.6. The number of hydrogen-bond acceptors (Lipinski definition) is 8. The number of aromatic nitrogens is 2. The lowest BCUT2D eigenvalue weighted by Crippen LogP contribution is -2.56. The Hall–Kier alpha value is -4.22. The largest absolute Gasteiger partial charge is 0.481 e. The summed E-state index contributed by atoms with van der Waals surface area (Å²) < 4.78 is 5.32. The maximum Gasteiger partial charge on any atom is 0.409 e. The standard InChI is InChI=1S/C32H40N6O6/c1-2-3-15-44-32(43)37-13-11-36(12-14-37)30(40)25(16-20-9-10-20)34-29(39)24-17-26(35-28(33-24)21-7-5-4-6-8-21)38-18-22-23(19-38)27(22)31(41)42/h4-8,17,20,22-23,25,27H,2-3,9-16,18-19H2,1H3,(H,34,39)(H,41,42)/t22-,23+,25-,27?/m0/s1. The molecule has 2 N–H and O–H groups in total. The second kappa shape index (κ2) is 12.8. The number of carboxylic acid groups (broad SMARTS) is 1. The number of carbonyl (C=O) groups excluding carboxylic acids is 3. The van der Waals surface area contributed by atoms with Gasteiger partial charge in [0.1, 0.15) is 17.6 Å². The van der Waals surface area contributed by atoms with Crippen LogP contribution in [0, 0.1) is 23.7 Å². The van der Waals surface area contributed by atoms with Crippen LogP contribution in [0.25, 0.3) is 11.4 Å². The van der Waals surface area contributed by atoms with Crippen LogP contribution >= 0.6 is 0 Å². The Morgan fingerprint density at radius 2 is 1.68 bits per heavy atom. The molecule has 1 aromatic carbocycles. The lowest BCUT2D eigenvalue weighted by Gasteiger charge is -2.36. The van der Waals surface area contributed by atoms with Crippen molar-refractivity contribution in [1.82, 2.24) is 25.1 Å². The molecule has 2 saturated heterocycles. The third-order valence-corrected chi connectivity index (χ3v) is 9.22. The molecule has 6 rings (SSSR count). The molecular formula is C32H40N6O6. The average Bonchev–Trinajstić information content (AvgIpc) is 3.96. The third-order valence-electron chi connectivity index (χ3n) is 9.22. The first-order chi connectivity index (χ1) is 21.3. The van der Waals surface area contributed by atoms with Crippen molar-refractivity contribution in [2.45, 2.75) is 45.1 Å². The highest BCUT2D eigenvalue weighted by Crippen LogP contribution is 2.52. The zero-order valence-corrected chi connectivity index (χ0v) is 25.1. The Morgan fingerprint density at radius 1 is 1.00 bits per heavy atom. The number of carboxylic acids is 1. The van der Waals surface area contributed by atoms with Crippen LogP contribution in [-0.2, 0) is 14.3 Å². The quantitative estimate of drug-likeness (QED) is 0.370. The third kappa shape index (κ3) is 6.63. The van der Waals surface area contributed by atoms with Crippen LogP contribution in [-0.4, -0.2) is 101 Å². The van der Waals surface area contributed by atoms with Crippen LogP contribution in [0.1, 0.15) is 49.5 Å². The van der Waals surface area contributed by atoms with Crippen molar-refractivity contribution in [3.8, 4) is 11.4 Å². The summed E-state index contributed by atoms with van der Waals surface area (Å²) in [5.74, 6) is -0.143. The predicted octanol–water partition coefficient (Wildman–Crippen LogP) is 2.89. The molecular weight excluding hydrogens is 564 g/mol. The van der Waals surface area contributed by atoms with Gasteiger partial charge in [0.25, 0.3) is 5.91 Å². The van der Waals surface area contributed by atoms with Gasteiger partial charge in [-0.25, -0.2) is 14.8 Å². The molecule has 3 amide bonds. The minimum Gasteiger partial charge on any atom is -0.481 e. The van der Waals surface area contributed by atoms with Gasteiger partial charge in [0, 0.05) is 50.9 Å². The van der Waals surface area contributed by atoms with Gasteiger partial charge in [0.2, 0.25) is 5.91 Å². The zero-order chi connectivity index (χ0) is 30.8. The van der Waals surface area contributed by atoms with Gasteiger partial charge in [-0.05, 0) is 30.6 Å². The van der Waals surface area contributed by atoms with E-state index in [0.29, 0.717) is 69.9 Å². The van der Waals surface area contributed by atoms with E-state index in [2.05, 4.69) is 10.3 Å². The molecule has 3 heterocycles. The van der Waals surface area contributed by atoms with E-state index in [4.69, 9.17) is 9.72 Å². The van der Waals surface area contributed by atoms with Crippen molar-refractivity contribution in [2.24, 2.45) is 23.7 Å². The molecule has 4 fully saturated rings. The summed E-state index contributed by atoms with van der Waals surface area (Å²) >= 11 is 0. The van der Waals surface area contributed by atoms with E-state index in [9.17, 15) is 24.3 Å². The number of piperazine rings is 1. The summed E-state index contributed by atoms with van der Waals surface area (Å²) in [6, 6.07) is 10.3. The van der Waals surface area contributed by atoms with Crippen molar-refractivity contribution >= 4 is 29.7 Å². The number of nitrogens with zero attached hydrogens (tertiary/aromatic N) is 5. The Bertz CT molecular complexity index is 1380. The molecule has 1 unspecified atom stereocenters. The number of hydrogen-bond donors (Lipinski definition) is 2. The van der Waals surface area contributed by atoms with Crippen molar-refractivity contribution in [2.75, 3.05) is 50.8 Å². The molecule has 0 radical (unpaired) electrons. The number of amides is 3. The number of anilines is 1. The number of ether oxygens (including phenoxy) is 1. The number of piperidine rings is 1. The molecule has 234 valence electrons. The van der Waals surface area contributed by atoms with Crippen molar-refractivity contribution in [3.63, 3.8) is 0 Å². The first kappa shape index (κ1) is 29.8. The SMILES string of the molecule is CCCCOC(=O)N1CCN(C(=O)[C@H](CC2CC2)NC(=O)c2cc(N3C[C@@H]4C(C(=O)O)[C@@H]4C3)nc(-c3ccccc3)n2)CC1. The molecule has 2 aromatic rings. The lowest BCUT2D eigenvalue weighted by atomic mass is 10.1. The number of fused-ring (bicyclic) bond motifs is 1.